The van der Waals surface area contributed by atoms with Gasteiger partial charge in [0.2, 0.25) is 5.95 Å². The van der Waals surface area contributed by atoms with Gasteiger partial charge in [0.05, 0.1) is 16.1 Å². The van der Waals surface area contributed by atoms with Crippen LogP contribution in [-0.2, 0) is 0 Å². The van der Waals surface area contributed by atoms with E-state index >= 15 is 0 Å². The molecule has 0 amide bonds. The molecule has 2 atom stereocenters. The summed E-state index contributed by atoms with van der Waals surface area (Å²) in [5.74, 6) is 0.670. The Morgan fingerprint density at radius 1 is 1.56 bits per heavy atom. The molecule has 0 saturated heterocycles. The van der Waals surface area contributed by atoms with Gasteiger partial charge in [-0.15, -0.1) is 0 Å². The van der Waals surface area contributed by atoms with Gasteiger partial charge in [0, 0.05) is 12.1 Å². The predicted molar refractivity (Wildman–Crippen MR) is 71.2 cm³/mol. The molecule has 1 aromatic heterocycles. The number of hydrogen-bond acceptors (Lipinski definition) is 2. The van der Waals surface area contributed by atoms with Crippen molar-refractivity contribution in [2.75, 3.05) is 5.73 Å². The number of rotatable bonds is 3. The molecular formula is C13H15ClFN3. The number of aromatic nitrogens is 2. The minimum Gasteiger partial charge on any atom is -0.369 e. The van der Waals surface area contributed by atoms with Crippen LogP contribution in [0, 0.1) is 11.7 Å². The van der Waals surface area contributed by atoms with Crippen molar-refractivity contribution < 1.29 is 4.39 Å². The number of nitrogen functional groups attached to an aromatic ring is 1. The van der Waals surface area contributed by atoms with E-state index in [1.54, 1.807) is 6.07 Å². The number of anilines is 1. The van der Waals surface area contributed by atoms with Gasteiger partial charge in [0.25, 0.3) is 0 Å². The van der Waals surface area contributed by atoms with E-state index in [9.17, 15) is 4.39 Å². The highest BCUT2D eigenvalue weighted by atomic mass is 35.5. The smallest absolute Gasteiger partial charge is 0.201 e. The molecule has 2 N–H and O–H groups in total. The summed E-state index contributed by atoms with van der Waals surface area (Å²) in [6, 6.07) is 3.37. The second kappa shape index (κ2) is 4.12. The summed E-state index contributed by atoms with van der Waals surface area (Å²) in [6.07, 6.45) is 3.49. The fraction of sp³-hybridized carbons (Fsp3) is 0.462. The first-order valence-corrected chi connectivity index (χ1v) is 6.62. The maximum atomic E-state index is 13.4. The number of nitrogens with zero attached hydrogens (tertiary/aromatic N) is 2. The normalized spacial score (nSPS) is 22.6. The summed E-state index contributed by atoms with van der Waals surface area (Å²) in [7, 11) is 0. The molecule has 1 aromatic carbocycles. The second-order valence-corrected chi connectivity index (χ2v) is 5.35. The molecule has 2 unspecified atom stereocenters. The molecule has 2 aromatic rings. The molecule has 0 aliphatic heterocycles. The fourth-order valence-corrected chi connectivity index (χ4v) is 2.84. The zero-order valence-corrected chi connectivity index (χ0v) is 10.9. The van der Waals surface area contributed by atoms with Crippen LogP contribution in [0.2, 0.25) is 5.02 Å². The van der Waals surface area contributed by atoms with Gasteiger partial charge in [-0.3, -0.25) is 0 Å². The molecule has 0 radical (unpaired) electrons. The Bertz CT molecular complexity index is 608. The fourth-order valence-electron chi connectivity index (χ4n) is 2.69. The summed E-state index contributed by atoms with van der Waals surface area (Å²) in [5, 5.41) is 0.122. The monoisotopic (exact) mass is 267 g/mol. The number of benzene rings is 1. The SMILES string of the molecule is CCCC1CC1n1c(N)nc2cc(F)c(Cl)cc21. The van der Waals surface area contributed by atoms with Crippen LogP contribution >= 0.6 is 11.6 Å². The number of fused-ring (bicyclic) bond motifs is 1. The van der Waals surface area contributed by atoms with Crippen LogP contribution in [0.4, 0.5) is 10.3 Å². The van der Waals surface area contributed by atoms with Crippen molar-refractivity contribution in [3.63, 3.8) is 0 Å². The quantitative estimate of drug-likeness (QED) is 0.920. The molecule has 5 heteroatoms. The lowest BCUT2D eigenvalue weighted by Gasteiger charge is -2.06. The first-order chi connectivity index (χ1) is 8.61. The maximum Gasteiger partial charge on any atom is 0.201 e. The van der Waals surface area contributed by atoms with Crippen LogP contribution in [0.15, 0.2) is 12.1 Å². The van der Waals surface area contributed by atoms with Crippen molar-refractivity contribution in [3.05, 3.63) is 23.0 Å². The van der Waals surface area contributed by atoms with Crippen molar-refractivity contribution in [1.82, 2.24) is 9.55 Å². The highest BCUT2D eigenvalue weighted by molar-refractivity contribution is 6.31. The van der Waals surface area contributed by atoms with Gasteiger partial charge in [0.1, 0.15) is 5.82 Å². The Hall–Kier alpha value is -1.29. The van der Waals surface area contributed by atoms with Crippen molar-refractivity contribution in [2.45, 2.75) is 32.2 Å². The first kappa shape index (κ1) is 11.8. The van der Waals surface area contributed by atoms with Crippen molar-refractivity contribution in [2.24, 2.45) is 5.92 Å². The van der Waals surface area contributed by atoms with E-state index in [0.717, 1.165) is 11.9 Å². The summed E-state index contributed by atoms with van der Waals surface area (Å²) in [6.45, 7) is 2.18. The van der Waals surface area contributed by atoms with Crippen LogP contribution in [0.25, 0.3) is 11.0 Å². The van der Waals surface area contributed by atoms with Gasteiger partial charge in [-0.25, -0.2) is 9.37 Å². The average molecular weight is 268 g/mol. The van der Waals surface area contributed by atoms with Crippen molar-refractivity contribution in [1.29, 1.82) is 0 Å². The highest BCUT2D eigenvalue weighted by Gasteiger charge is 2.39. The third kappa shape index (κ3) is 1.75. The predicted octanol–water partition coefficient (Wildman–Crippen LogP) is 3.77. The van der Waals surface area contributed by atoms with E-state index in [1.807, 2.05) is 4.57 Å². The first-order valence-electron chi connectivity index (χ1n) is 6.24. The molecule has 0 bridgehead atoms. The van der Waals surface area contributed by atoms with Gasteiger partial charge >= 0.3 is 0 Å². The van der Waals surface area contributed by atoms with E-state index in [-0.39, 0.29) is 5.02 Å². The van der Waals surface area contributed by atoms with Crippen LogP contribution in [0.1, 0.15) is 32.2 Å². The van der Waals surface area contributed by atoms with Crippen LogP contribution in [-0.4, -0.2) is 9.55 Å². The van der Waals surface area contributed by atoms with Crippen molar-refractivity contribution in [3.8, 4) is 0 Å². The Morgan fingerprint density at radius 3 is 3.06 bits per heavy atom. The lowest BCUT2D eigenvalue weighted by molar-refractivity contribution is 0.620. The van der Waals surface area contributed by atoms with Gasteiger partial charge < -0.3 is 10.3 Å². The van der Waals surface area contributed by atoms with Gasteiger partial charge in [-0.05, 0) is 24.8 Å². The highest BCUT2D eigenvalue weighted by Crippen LogP contribution is 2.49. The minimum absolute atomic E-state index is 0.122. The van der Waals surface area contributed by atoms with E-state index in [2.05, 4.69) is 11.9 Å². The van der Waals surface area contributed by atoms with Gasteiger partial charge in [-0.2, -0.15) is 0 Å². The molecule has 96 valence electrons. The molecule has 18 heavy (non-hydrogen) atoms. The molecule has 0 spiro atoms. The molecule has 1 saturated carbocycles. The largest absolute Gasteiger partial charge is 0.369 e. The third-order valence-electron chi connectivity index (χ3n) is 3.64. The minimum atomic E-state index is -0.449. The van der Waals surface area contributed by atoms with E-state index in [4.69, 9.17) is 17.3 Å². The van der Waals surface area contributed by atoms with Crippen LogP contribution < -0.4 is 5.73 Å². The molecule has 1 fully saturated rings. The Labute approximate surface area is 110 Å². The topological polar surface area (TPSA) is 43.8 Å². The third-order valence-corrected chi connectivity index (χ3v) is 3.92. The van der Waals surface area contributed by atoms with Crippen LogP contribution in [0.3, 0.4) is 0 Å². The molecular weight excluding hydrogens is 253 g/mol. The zero-order valence-electron chi connectivity index (χ0n) is 10.2. The summed E-state index contributed by atoms with van der Waals surface area (Å²) < 4.78 is 15.4. The second-order valence-electron chi connectivity index (χ2n) is 4.95. The molecule has 1 aliphatic carbocycles. The van der Waals surface area contributed by atoms with E-state index in [0.29, 0.717) is 23.4 Å². The van der Waals surface area contributed by atoms with E-state index < -0.39 is 5.82 Å². The number of halogens is 2. The summed E-state index contributed by atoms with van der Waals surface area (Å²) in [4.78, 5) is 4.21. The number of imidazole rings is 1. The van der Waals surface area contributed by atoms with Crippen molar-refractivity contribution >= 4 is 28.6 Å². The number of hydrogen-bond donors (Lipinski definition) is 1. The number of nitrogens with two attached hydrogens (primary N) is 1. The lowest BCUT2D eigenvalue weighted by Crippen LogP contribution is -2.02. The van der Waals surface area contributed by atoms with Gasteiger partial charge in [0.15, 0.2) is 0 Å². The molecule has 3 rings (SSSR count). The Balaban J connectivity index is 2.07. The van der Waals surface area contributed by atoms with E-state index in [1.165, 1.54) is 18.9 Å². The maximum absolute atomic E-state index is 13.4. The molecule has 1 heterocycles. The lowest BCUT2D eigenvalue weighted by atomic mass is 10.2. The Kier molecular flexibility index (Phi) is 2.70. The standard InChI is InChI=1S/C13H15ClFN3/c1-2-3-7-4-11(7)18-12-5-8(14)9(15)6-10(12)17-13(18)16/h5-7,11H,2-4H2,1H3,(H2,16,17). The average Bonchev–Trinajstić information content (AvgIpc) is 2.98. The molecule has 3 nitrogen and oxygen atoms in total. The van der Waals surface area contributed by atoms with Crippen LogP contribution in [0.5, 0.6) is 0 Å². The zero-order chi connectivity index (χ0) is 12.9. The molecule has 1 aliphatic rings. The van der Waals surface area contributed by atoms with Gasteiger partial charge in [-0.1, -0.05) is 24.9 Å². The summed E-state index contributed by atoms with van der Waals surface area (Å²) in [5.41, 5.74) is 7.35. The Morgan fingerprint density at radius 2 is 2.33 bits per heavy atom. The summed E-state index contributed by atoms with van der Waals surface area (Å²) >= 11 is 5.83.